The molecular formula is C19H38OSn. The van der Waals surface area contributed by atoms with Gasteiger partial charge in [0.15, 0.2) is 0 Å². The van der Waals surface area contributed by atoms with Gasteiger partial charge >= 0.3 is 138 Å². The van der Waals surface area contributed by atoms with Gasteiger partial charge in [-0.15, -0.1) is 0 Å². The van der Waals surface area contributed by atoms with Gasteiger partial charge in [-0.1, -0.05) is 0 Å². The van der Waals surface area contributed by atoms with Gasteiger partial charge in [-0.3, -0.25) is 0 Å². The van der Waals surface area contributed by atoms with E-state index in [4.69, 9.17) is 0 Å². The van der Waals surface area contributed by atoms with Gasteiger partial charge in [0.2, 0.25) is 0 Å². The summed E-state index contributed by atoms with van der Waals surface area (Å²) < 4.78 is 6.82. The molecule has 0 aromatic heterocycles. The number of carbonyl (C=O) groups is 1. The van der Waals surface area contributed by atoms with Crippen molar-refractivity contribution >= 4 is 24.2 Å². The number of carbonyl (C=O) groups excluding carboxylic acids is 1. The molecule has 124 valence electrons. The number of unbranched alkanes of at least 4 members (excludes halogenated alkanes) is 3. The van der Waals surface area contributed by atoms with Crippen LogP contribution in [0.15, 0.2) is 10.2 Å². The second-order valence-corrected chi connectivity index (χ2v) is 20.6. The summed E-state index contributed by atoms with van der Waals surface area (Å²) in [6.45, 7) is 13.0. The minimum absolute atomic E-state index is 0.228. The molecule has 0 aliphatic carbocycles. The number of allylic oxidation sites excluding steroid dienone is 1. The van der Waals surface area contributed by atoms with Gasteiger partial charge in [-0.05, 0) is 0 Å². The van der Waals surface area contributed by atoms with Crippen LogP contribution >= 0.6 is 0 Å². The van der Waals surface area contributed by atoms with Gasteiger partial charge in [-0.2, -0.15) is 0 Å². The van der Waals surface area contributed by atoms with E-state index in [0.717, 1.165) is 0 Å². The number of hydrogen-bond acceptors (Lipinski definition) is 1. The Morgan fingerprint density at radius 1 is 0.857 bits per heavy atom. The zero-order valence-corrected chi connectivity index (χ0v) is 18.3. The standard InChI is InChI=1S/C7H11O.3C4H9.Sn/c1-5-6(8)7(2,3)4;3*1-3-4-2;/h1,5H,2-4H3;3*1,3-4H2,2H3;. The van der Waals surface area contributed by atoms with Gasteiger partial charge in [0.05, 0.1) is 0 Å². The normalized spacial score (nSPS) is 13.0. The Bertz CT molecular complexity index is 290. The molecule has 0 aromatic carbocycles. The van der Waals surface area contributed by atoms with Crippen molar-refractivity contribution in [2.24, 2.45) is 5.41 Å². The second-order valence-electron chi connectivity index (χ2n) is 7.62. The zero-order valence-electron chi connectivity index (χ0n) is 15.4. The molecule has 0 saturated heterocycles. The van der Waals surface area contributed by atoms with Crippen LogP contribution in [-0.4, -0.2) is 24.2 Å². The summed E-state index contributed by atoms with van der Waals surface area (Å²) in [4.78, 5) is 12.3. The third-order valence-electron chi connectivity index (χ3n) is 4.41. The molecule has 0 heterocycles. The fraction of sp³-hybridized carbons (Fsp3) is 0.842. The summed E-state index contributed by atoms with van der Waals surface area (Å²) in [5.74, 6) is 0.313. The van der Waals surface area contributed by atoms with E-state index in [1.54, 1.807) is 0 Å². The van der Waals surface area contributed by atoms with Crippen molar-refractivity contribution < 1.29 is 4.79 Å². The number of ketones is 1. The van der Waals surface area contributed by atoms with Crippen LogP contribution in [0, 0.1) is 5.41 Å². The molecule has 0 fully saturated rings. The first-order valence-corrected chi connectivity index (χ1v) is 16.7. The third-order valence-corrected chi connectivity index (χ3v) is 18.5. The topological polar surface area (TPSA) is 17.1 Å². The van der Waals surface area contributed by atoms with Crippen LogP contribution < -0.4 is 0 Å². The molecule has 0 radical (unpaired) electrons. The molecule has 0 aliphatic heterocycles. The van der Waals surface area contributed by atoms with Crippen LogP contribution in [0.3, 0.4) is 0 Å². The van der Waals surface area contributed by atoms with Gasteiger partial charge in [0.1, 0.15) is 0 Å². The Kier molecular flexibility index (Phi) is 11.0. The Hall–Kier alpha value is 0.209. The minimum atomic E-state index is -2.25. The van der Waals surface area contributed by atoms with Crippen LogP contribution in [0.2, 0.25) is 13.3 Å². The van der Waals surface area contributed by atoms with Crippen LogP contribution in [0.4, 0.5) is 0 Å². The van der Waals surface area contributed by atoms with E-state index in [1.807, 2.05) is 26.8 Å². The van der Waals surface area contributed by atoms with E-state index in [9.17, 15) is 4.79 Å². The average molecular weight is 401 g/mol. The van der Waals surface area contributed by atoms with Crippen LogP contribution in [0.1, 0.15) is 80.1 Å². The van der Waals surface area contributed by atoms with Crippen molar-refractivity contribution in [1.82, 2.24) is 0 Å². The maximum atomic E-state index is 12.3. The Balaban J connectivity index is 5.10. The molecule has 0 bridgehead atoms. The monoisotopic (exact) mass is 402 g/mol. The van der Waals surface area contributed by atoms with Gasteiger partial charge in [0.25, 0.3) is 0 Å². The van der Waals surface area contributed by atoms with E-state index in [-0.39, 0.29) is 5.41 Å². The third kappa shape index (κ3) is 9.05. The molecule has 2 heteroatoms. The van der Waals surface area contributed by atoms with E-state index >= 15 is 0 Å². The summed E-state index contributed by atoms with van der Waals surface area (Å²) in [6.07, 6.45) is 9.93. The SMILES string of the molecule is CCC[CH2][Sn](/[CH]=C/C(=O)C(C)(C)C)([CH2]CCC)[CH2]CCC. The van der Waals surface area contributed by atoms with E-state index in [2.05, 4.69) is 24.9 Å². The van der Waals surface area contributed by atoms with E-state index in [0.29, 0.717) is 5.78 Å². The quantitative estimate of drug-likeness (QED) is 0.284. The molecule has 0 saturated carbocycles. The van der Waals surface area contributed by atoms with Gasteiger partial charge in [-0.25, -0.2) is 0 Å². The predicted octanol–water partition coefficient (Wildman–Crippen LogP) is 6.55. The van der Waals surface area contributed by atoms with E-state index < -0.39 is 18.4 Å². The first-order valence-electron chi connectivity index (χ1n) is 9.05. The molecule has 21 heavy (non-hydrogen) atoms. The fourth-order valence-corrected chi connectivity index (χ4v) is 16.8. The van der Waals surface area contributed by atoms with Crippen molar-refractivity contribution in [2.75, 3.05) is 0 Å². The molecule has 0 aromatic rings. The van der Waals surface area contributed by atoms with Crippen LogP contribution in [-0.2, 0) is 4.79 Å². The van der Waals surface area contributed by atoms with Crippen LogP contribution in [0.5, 0.6) is 0 Å². The fourth-order valence-electron chi connectivity index (χ4n) is 2.71. The predicted molar refractivity (Wildman–Crippen MR) is 98.5 cm³/mol. The molecule has 0 N–H and O–H groups in total. The van der Waals surface area contributed by atoms with Gasteiger partial charge in [0, 0.05) is 0 Å². The second kappa shape index (κ2) is 10.9. The number of rotatable bonds is 11. The summed E-state index contributed by atoms with van der Waals surface area (Å²) >= 11 is -2.25. The van der Waals surface area contributed by atoms with Crippen LogP contribution in [0.25, 0.3) is 0 Å². The average Bonchev–Trinajstić information content (AvgIpc) is 2.44. The molecule has 0 unspecified atom stereocenters. The summed E-state index contributed by atoms with van der Waals surface area (Å²) in [7, 11) is 0. The molecular weight excluding hydrogens is 363 g/mol. The van der Waals surface area contributed by atoms with Crippen molar-refractivity contribution in [2.45, 2.75) is 93.4 Å². The Morgan fingerprint density at radius 3 is 1.52 bits per heavy atom. The zero-order chi connectivity index (χ0) is 16.4. The van der Waals surface area contributed by atoms with Crippen molar-refractivity contribution in [3.63, 3.8) is 0 Å². The summed E-state index contributed by atoms with van der Waals surface area (Å²) in [6, 6.07) is 0. The Labute approximate surface area is 137 Å². The molecule has 0 spiro atoms. The first kappa shape index (κ1) is 21.2. The molecule has 1 nitrogen and oxygen atoms in total. The molecule has 0 aliphatic rings. The summed E-state index contributed by atoms with van der Waals surface area (Å²) in [5.41, 5.74) is -0.228. The van der Waals surface area contributed by atoms with Crippen molar-refractivity contribution in [1.29, 1.82) is 0 Å². The first-order chi connectivity index (χ1) is 9.81. The molecule has 0 atom stereocenters. The van der Waals surface area contributed by atoms with Crippen molar-refractivity contribution in [3.8, 4) is 0 Å². The van der Waals surface area contributed by atoms with E-state index in [1.165, 1.54) is 51.8 Å². The maximum absolute atomic E-state index is 12.3. The van der Waals surface area contributed by atoms with Crippen molar-refractivity contribution in [3.05, 3.63) is 10.2 Å². The summed E-state index contributed by atoms with van der Waals surface area (Å²) in [5, 5.41) is 0. The number of hydrogen-bond donors (Lipinski definition) is 0. The van der Waals surface area contributed by atoms with Gasteiger partial charge < -0.3 is 0 Å². The molecule has 0 rings (SSSR count). The molecule has 0 amide bonds. The Morgan fingerprint density at radius 2 is 1.24 bits per heavy atom.